The van der Waals surface area contributed by atoms with Gasteiger partial charge in [-0.15, -0.1) is 0 Å². The van der Waals surface area contributed by atoms with E-state index in [-0.39, 0.29) is 17.1 Å². The summed E-state index contributed by atoms with van der Waals surface area (Å²) in [6.07, 6.45) is 2.56. The van der Waals surface area contributed by atoms with Gasteiger partial charge in [0.2, 0.25) is 0 Å². The van der Waals surface area contributed by atoms with Crippen molar-refractivity contribution >= 4 is 0 Å². The molecule has 0 amide bonds. The maximum absolute atomic E-state index is 4.72. The Morgan fingerprint density at radius 1 is 1.00 bits per heavy atom. The molecule has 0 aliphatic heterocycles. The smallest absolute Gasteiger partial charge is 0.394 e. The SMILES string of the molecule is [CH-]=CC=[CH-].[Cu+2]. The Balaban J connectivity index is 0. The Bertz CT molecular complexity index is 24.6. The van der Waals surface area contributed by atoms with Gasteiger partial charge in [0, 0.05) is 0 Å². The molecule has 0 rings (SSSR count). The van der Waals surface area contributed by atoms with Gasteiger partial charge in [0.05, 0.1) is 0 Å². The van der Waals surface area contributed by atoms with Crippen LogP contribution in [0.1, 0.15) is 0 Å². The molecule has 31 valence electrons. The Labute approximate surface area is 43.1 Å². The molecule has 0 saturated carbocycles. The number of hydrogen-bond donors (Lipinski definition) is 0. The summed E-state index contributed by atoms with van der Waals surface area (Å²) >= 11 is 0. The minimum absolute atomic E-state index is 0. The van der Waals surface area contributed by atoms with Gasteiger partial charge in [-0.2, -0.15) is 0 Å². The maximum atomic E-state index is 4.72. The van der Waals surface area contributed by atoms with Gasteiger partial charge >= 0.3 is 17.1 Å². The molecule has 0 bridgehead atoms. The van der Waals surface area contributed by atoms with Crippen molar-refractivity contribution in [2.75, 3.05) is 0 Å². The first-order chi connectivity index (χ1) is 1.91. The fraction of sp³-hybridized carbons (Fsp3) is 0. The molecule has 0 atom stereocenters. The van der Waals surface area contributed by atoms with Gasteiger partial charge in [-0.05, 0) is 0 Å². The number of allylic oxidation sites excluding steroid dienone is 2. The zero-order valence-electron chi connectivity index (χ0n) is 2.61. The first kappa shape index (κ1) is 8.89. The van der Waals surface area contributed by atoms with Crippen molar-refractivity contribution in [3.8, 4) is 0 Å². The van der Waals surface area contributed by atoms with E-state index >= 15 is 0 Å². The van der Waals surface area contributed by atoms with Gasteiger partial charge in [0.25, 0.3) is 0 Å². The van der Waals surface area contributed by atoms with Crippen molar-refractivity contribution in [2.24, 2.45) is 0 Å². The maximum Gasteiger partial charge on any atom is 2.00 e. The molecule has 0 heterocycles. The summed E-state index contributed by atoms with van der Waals surface area (Å²) in [6, 6.07) is 0. The van der Waals surface area contributed by atoms with Crippen LogP contribution in [-0.2, 0) is 17.1 Å². The van der Waals surface area contributed by atoms with Crippen LogP contribution in [0.15, 0.2) is 12.2 Å². The van der Waals surface area contributed by atoms with E-state index in [2.05, 4.69) is 0 Å². The fourth-order valence-corrected chi connectivity index (χ4v) is 0. The first-order valence-corrected chi connectivity index (χ1v) is 1.00. The monoisotopic (exact) mass is 115 g/mol. The third-order valence-electron chi connectivity index (χ3n) is 0.111. The van der Waals surface area contributed by atoms with E-state index in [0.717, 1.165) is 0 Å². The largest absolute Gasteiger partial charge is 2.00 e. The molecule has 0 saturated heterocycles. The van der Waals surface area contributed by atoms with Crippen molar-refractivity contribution in [1.82, 2.24) is 0 Å². The summed E-state index contributed by atoms with van der Waals surface area (Å²) < 4.78 is 0. The summed E-state index contributed by atoms with van der Waals surface area (Å²) in [7, 11) is 0. The van der Waals surface area contributed by atoms with Crippen LogP contribution in [0.2, 0.25) is 0 Å². The molecule has 1 heteroatoms. The molecule has 0 fully saturated rings. The number of hydrogen-bond acceptors (Lipinski definition) is 0. The van der Waals surface area contributed by atoms with Crippen molar-refractivity contribution in [3.05, 3.63) is 25.3 Å². The molecule has 0 aliphatic rings. The van der Waals surface area contributed by atoms with Crippen LogP contribution in [0, 0.1) is 13.2 Å². The molecule has 1 radical (unpaired) electrons. The standard InChI is InChI=1S/C4H4.Cu/c1-3-4-2;/h1-4H;/q-2;+2. The van der Waals surface area contributed by atoms with Crippen LogP contribution in [0.4, 0.5) is 0 Å². The molecule has 0 unspecified atom stereocenters. The van der Waals surface area contributed by atoms with Crippen LogP contribution in [0.25, 0.3) is 0 Å². The minimum atomic E-state index is 0. The van der Waals surface area contributed by atoms with Gasteiger partial charge in [-0.1, -0.05) is 0 Å². The van der Waals surface area contributed by atoms with Gasteiger partial charge in [0.1, 0.15) is 0 Å². The van der Waals surface area contributed by atoms with Gasteiger partial charge < -0.3 is 25.3 Å². The summed E-state index contributed by atoms with van der Waals surface area (Å²) in [5, 5.41) is 0. The second kappa shape index (κ2) is 9.00. The Morgan fingerprint density at radius 3 is 1.20 bits per heavy atom. The van der Waals surface area contributed by atoms with Crippen molar-refractivity contribution in [1.29, 1.82) is 0 Å². The predicted molar refractivity (Wildman–Crippen MR) is 17.7 cm³/mol. The van der Waals surface area contributed by atoms with E-state index in [4.69, 9.17) is 13.2 Å². The van der Waals surface area contributed by atoms with E-state index < -0.39 is 0 Å². The van der Waals surface area contributed by atoms with E-state index in [0.29, 0.717) is 0 Å². The molecule has 0 nitrogen and oxygen atoms in total. The Hall–Kier alpha value is -0.000519. The van der Waals surface area contributed by atoms with Gasteiger partial charge in [-0.3, -0.25) is 0 Å². The zero-order valence-corrected chi connectivity index (χ0v) is 3.55. The predicted octanol–water partition coefficient (Wildman–Crippen LogP) is 0.962. The molecular weight excluding hydrogens is 112 g/mol. The minimum Gasteiger partial charge on any atom is -0.394 e. The first-order valence-electron chi connectivity index (χ1n) is 1.00. The third-order valence-corrected chi connectivity index (χ3v) is 0.111. The summed E-state index contributed by atoms with van der Waals surface area (Å²) in [5.41, 5.74) is 0. The molecule has 0 N–H and O–H groups in total. The molecule has 5 heavy (non-hydrogen) atoms. The van der Waals surface area contributed by atoms with Crippen LogP contribution < -0.4 is 0 Å². The Morgan fingerprint density at radius 2 is 1.20 bits per heavy atom. The van der Waals surface area contributed by atoms with Crippen LogP contribution in [0.3, 0.4) is 0 Å². The van der Waals surface area contributed by atoms with E-state index in [1.54, 1.807) is 0 Å². The molecular formula is C4H4Cu. The fourth-order valence-electron chi connectivity index (χ4n) is 0. The van der Waals surface area contributed by atoms with E-state index in [1.165, 1.54) is 12.2 Å². The van der Waals surface area contributed by atoms with Crippen LogP contribution in [-0.4, -0.2) is 0 Å². The molecule has 0 spiro atoms. The van der Waals surface area contributed by atoms with Gasteiger partial charge in [-0.25, -0.2) is 0 Å². The average molecular weight is 116 g/mol. The quantitative estimate of drug-likeness (QED) is 0.271. The second-order valence-electron chi connectivity index (χ2n) is 0.385. The Kier molecular flexibility index (Phi) is 16.0. The van der Waals surface area contributed by atoms with Crippen LogP contribution in [0.5, 0.6) is 0 Å². The second-order valence-corrected chi connectivity index (χ2v) is 0.385. The molecule has 0 aliphatic carbocycles. The van der Waals surface area contributed by atoms with Gasteiger partial charge in [0.15, 0.2) is 0 Å². The van der Waals surface area contributed by atoms with E-state index in [9.17, 15) is 0 Å². The average Bonchev–Trinajstić information content (AvgIpc) is 1.37. The topological polar surface area (TPSA) is 0 Å². The van der Waals surface area contributed by atoms with Crippen LogP contribution >= 0.6 is 0 Å². The summed E-state index contributed by atoms with van der Waals surface area (Å²) in [6.45, 7) is 9.44. The molecule has 0 aromatic carbocycles. The summed E-state index contributed by atoms with van der Waals surface area (Å²) in [5.74, 6) is 0. The third kappa shape index (κ3) is 16.0. The summed E-state index contributed by atoms with van der Waals surface area (Å²) in [4.78, 5) is 0. The van der Waals surface area contributed by atoms with Crippen molar-refractivity contribution in [3.63, 3.8) is 0 Å². The van der Waals surface area contributed by atoms with Crippen molar-refractivity contribution in [2.45, 2.75) is 0 Å². The molecule has 0 aromatic rings. The van der Waals surface area contributed by atoms with Crippen molar-refractivity contribution < 1.29 is 17.1 Å². The molecule has 0 aromatic heterocycles. The van der Waals surface area contributed by atoms with E-state index in [1.807, 2.05) is 0 Å². The normalized spacial score (nSPS) is 4.00. The zero-order chi connectivity index (χ0) is 3.41. The number of rotatable bonds is 1.